The molecule has 0 aromatic heterocycles. The molecule has 3 aromatic carbocycles. The average molecular weight is 411 g/mol. The molecule has 5 heteroatoms. The van der Waals surface area contributed by atoms with E-state index in [4.69, 9.17) is 32.9 Å². The maximum absolute atomic E-state index is 6.24. The van der Waals surface area contributed by atoms with E-state index in [2.05, 4.69) is 24.0 Å². The molecule has 0 amide bonds. The molecule has 0 radical (unpaired) electrons. The van der Waals surface area contributed by atoms with Gasteiger partial charge in [-0.1, -0.05) is 40.9 Å². The Balaban J connectivity index is 1.72. The molecule has 0 aliphatic carbocycles. The number of ether oxygens (including phenoxy) is 1. The third-order valence-electron chi connectivity index (χ3n) is 4.88. The first kappa shape index (κ1) is 18.9. The number of methoxy groups -OCH3 is 1. The van der Waals surface area contributed by atoms with E-state index in [1.807, 2.05) is 48.5 Å². The summed E-state index contributed by atoms with van der Waals surface area (Å²) in [6, 6.07) is 22.1. The maximum atomic E-state index is 6.24. The van der Waals surface area contributed by atoms with Crippen LogP contribution in [0.4, 0.5) is 11.4 Å². The standard InChI is InChI=1S/C23H20Cl2N2O/c1-15-3-5-19(6-4-15)26-23-14-22(16-11-17(24)13-18(25)12-16)27(23)20-7-9-21(28-2)10-8-20/h3-13,22H,14H2,1-2H3. The molecule has 1 heterocycles. The molecule has 0 spiro atoms. The van der Waals surface area contributed by atoms with Crippen molar-refractivity contribution >= 4 is 40.4 Å². The molecule has 3 nitrogen and oxygen atoms in total. The molecule has 1 aliphatic rings. The molecule has 1 fully saturated rings. The van der Waals surface area contributed by atoms with Crippen molar-refractivity contribution in [2.24, 2.45) is 4.99 Å². The fourth-order valence-corrected chi connectivity index (χ4v) is 3.95. The normalized spacial score (nSPS) is 17.5. The summed E-state index contributed by atoms with van der Waals surface area (Å²) in [5.41, 5.74) is 4.30. The van der Waals surface area contributed by atoms with Gasteiger partial charge in [0, 0.05) is 22.2 Å². The molecule has 0 saturated carbocycles. The zero-order valence-corrected chi connectivity index (χ0v) is 17.2. The minimum Gasteiger partial charge on any atom is -0.497 e. The van der Waals surface area contributed by atoms with Gasteiger partial charge in [0.2, 0.25) is 0 Å². The van der Waals surface area contributed by atoms with E-state index < -0.39 is 0 Å². The van der Waals surface area contributed by atoms with Crippen molar-refractivity contribution in [1.82, 2.24) is 0 Å². The van der Waals surface area contributed by atoms with Crippen LogP contribution in [-0.4, -0.2) is 12.9 Å². The first-order valence-electron chi connectivity index (χ1n) is 9.07. The first-order valence-corrected chi connectivity index (χ1v) is 9.82. The van der Waals surface area contributed by atoms with Crippen molar-refractivity contribution in [1.29, 1.82) is 0 Å². The van der Waals surface area contributed by atoms with Crippen LogP contribution < -0.4 is 9.64 Å². The highest BCUT2D eigenvalue weighted by molar-refractivity contribution is 6.34. The van der Waals surface area contributed by atoms with Gasteiger partial charge >= 0.3 is 0 Å². The lowest BCUT2D eigenvalue weighted by Crippen LogP contribution is -2.46. The second kappa shape index (κ2) is 7.86. The van der Waals surface area contributed by atoms with Gasteiger partial charge < -0.3 is 9.64 Å². The van der Waals surface area contributed by atoms with E-state index in [0.717, 1.165) is 34.9 Å². The molecular formula is C23H20Cl2N2O. The van der Waals surface area contributed by atoms with Crippen molar-refractivity contribution in [3.05, 3.63) is 87.9 Å². The lowest BCUT2D eigenvalue weighted by atomic mass is 9.92. The molecule has 1 unspecified atom stereocenters. The van der Waals surface area contributed by atoms with Crippen molar-refractivity contribution in [2.75, 3.05) is 12.0 Å². The number of amidine groups is 1. The topological polar surface area (TPSA) is 24.8 Å². The van der Waals surface area contributed by atoms with Gasteiger partial charge in [0.1, 0.15) is 11.6 Å². The van der Waals surface area contributed by atoms with Crippen molar-refractivity contribution in [3.63, 3.8) is 0 Å². The van der Waals surface area contributed by atoms with Gasteiger partial charge in [-0.05, 0) is 67.1 Å². The Morgan fingerprint density at radius 1 is 0.929 bits per heavy atom. The summed E-state index contributed by atoms with van der Waals surface area (Å²) in [5.74, 6) is 1.83. The lowest BCUT2D eigenvalue weighted by Gasteiger charge is -2.44. The molecule has 1 saturated heterocycles. The van der Waals surface area contributed by atoms with Gasteiger partial charge in [-0.3, -0.25) is 0 Å². The van der Waals surface area contributed by atoms with Gasteiger partial charge in [0.25, 0.3) is 0 Å². The summed E-state index contributed by atoms with van der Waals surface area (Å²) in [6.07, 6.45) is 0.816. The zero-order chi connectivity index (χ0) is 19.7. The number of anilines is 1. The fourth-order valence-electron chi connectivity index (χ4n) is 3.40. The molecule has 0 N–H and O–H groups in total. The number of hydrogen-bond donors (Lipinski definition) is 0. The monoisotopic (exact) mass is 410 g/mol. The van der Waals surface area contributed by atoms with Gasteiger partial charge in [-0.15, -0.1) is 0 Å². The Hall–Kier alpha value is -2.49. The van der Waals surface area contributed by atoms with Crippen LogP contribution in [0.2, 0.25) is 10.0 Å². The first-order chi connectivity index (χ1) is 13.5. The van der Waals surface area contributed by atoms with Crippen LogP contribution >= 0.6 is 23.2 Å². The number of halogens is 2. The summed E-state index contributed by atoms with van der Waals surface area (Å²) in [5, 5.41) is 1.28. The highest BCUT2D eigenvalue weighted by Gasteiger charge is 2.36. The number of benzene rings is 3. The molecule has 3 aromatic rings. The van der Waals surface area contributed by atoms with Crippen LogP contribution in [0.25, 0.3) is 0 Å². The number of rotatable bonds is 4. The van der Waals surface area contributed by atoms with Gasteiger partial charge in [0.05, 0.1) is 18.8 Å². The Morgan fingerprint density at radius 2 is 1.57 bits per heavy atom. The molecule has 28 heavy (non-hydrogen) atoms. The molecule has 142 valence electrons. The van der Waals surface area contributed by atoms with E-state index in [0.29, 0.717) is 10.0 Å². The Labute approximate surface area is 175 Å². The summed E-state index contributed by atoms with van der Waals surface area (Å²) in [4.78, 5) is 7.10. The quantitative estimate of drug-likeness (QED) is 0.462. The molecule has 1 aliphatic heterocycles. The van der Waals surface area contributed by atoms with Crippen molar-refractivity contribution in [3.8, 4) is 5.75 Å². The second-order valence-electron chi connectivity index (χ2n) is 6.85. The highest BCUT2D eigenvalue weighted by Crippen LogP contribution is 2.42. The second-order valence-corrected chi connectivity index (χ2v) is 7.73. The van der Waals surface area contributed by atoms with E-state index in [9.17, 15) is 0 Å². The van der Waals surface area contributed by atoms with E-state index >= 15 is 0 Å². The van der Waals surface area contributed by atoms with Crippen molar-refractivity contribution in [2.45, 2.75) is 19.4 Å². The van der Waals surface area contributed by atoms with Crippen LogP contribution in [0.15, 0.2) is 71.7 Å². The maximum Gasteiger partial charge on any atom is 0.119 e. The third-order valence-corrected chi connectivity index (χ3v) is 5.31. The largest absolute Gasteiger partial charge is 0.497 e. The average Bonchev–Trinajstić information content (AvgIpc) is 2.66. The number of aliphatic imine (C=N–C) groups is 1. The van der Waals surface area contributed by atoms with Crippen LogP contribution in [-0.2, 0) is 0 Å². The van der Waals surface area contributed by atoms with Crippen LogP contribution in [0.5, 0.6) is 5.75 Å². The van der Waals surface area contributed by atoms with E-state index in [-0.39, 0.29) is 6.04 Å². The predicted molar refractivity (Wildman–Crippen MR) is 118 cm³/mol. The summed E-state index contributed by atoms with van der Waals surface area (Å²) in [6.45, 7) is 2.07. The fraction of sp³-hybridized carbons (Fsp3) is 0.174. The lowest BCUT2D eigenvalue weighted by molar-refractivity contribution is 0.415. The number of hydrogen-bond acceptors (Lipinski definition) is 2. The van der Waals surface area contributed by atoms with Crippen LogP contribution in [0.1, 0.15) is 23.6 Å². The zero-order valence-electron chi connectivity index (χ0n) is 15.7. The van der Waals surface area contributed by atoms with Gasteiger partial charge in [-0.2, -0.15) is 0 Å². The highest BCUT2D eigenvalue weighted by atomic mass is 35.5. The molecule has 0 bridgehead atoms. The summed E-state index contributed by atoms with van der Waals surface area (Å²) in [7, 11) is 1.67. The molecule has 4 rings (SSSR count). The SMILES string of the molecule is COc1ccc(N2C(=Nc3ccc(C)cc3)CC2c2cc(Cl)cc(Cl)c2)cc1. The van der Waals surface area contributed by atoms with Crippen molar-refractivity contribution < 1.29 is 4.74 Å². The third kappa shape index (κ3) is 3.87. The molecule has 1 atom stereocenters. The summed E-state index contributed by atoms with van der Waals surface area (Å²) >= 11 is 12.5. The van der Waals surface area contributed by atoms with Crippen LogP contribution in [0.3, 0.4) is 0 Å². The van der Waals surface area contributed by atoms with E-state index in [1.165, 1.54) is 5.56 Å². The van der Waals surface area contributed by atoms with Crippen LogP contribution in [0, 0.1) is 6.92 Å². The predicted octanol–water partition coefficient (Wildman–Crippen LogP) is 6.99. The smallest absolute Gasteiger partial charge is 0.119 e. The number of aryl methyl sites for hydroxylation is 1. The molecular weight excluding hydrogens is 391 g/mol. The minimum atomic E-state index is 0.133. The van der Waals surface area contributed by atoms with Gasteiger partial charge in [0.15, 0.2) is 0 Å². The number of nitrogens with zero attached hydrogens (tertiary/aromatic N) is 2. The Bertz CT molecular complexity index is 994. The van der Waals surface area contributed by atoms with Gasteiger partial charge in [-0.25, -0.2) is 4.99 Å². The summed E-state index contributed by atoms with van der Waals surface area (Å²) < 4.78 is 5.29. The Kier molecular flexibility index (Phi) is 5.29. The minimum absolute atomic E-state index is 0.133. The van der Waals surface area contributed by atoms with E-state index in [1.54, 1.807) is 13.2 Å². The Morgan fingerprint density at radius 3 is 2.18 bits per heavy atom.